The minimum Gasteiger partial charge on any atom is -0.467 e. The van der Waals surface area contributed by atoms with Crippen LogP contribution >= 0.6 is 0 Å². The Kier molecular flexibility index (Phi) is 6.67. The lowest BCUT2D eigenvalue weighted by Crippen LogP contribution is -2.60. The number of alkyl halides is 2. The van der Waals surface area contributed by atoms with E-state index in [4.69, 9.17) is 4.74 Å². The molecule has 0 unspecified atom stereocenters. The second kappa shape index (κ2) is 9.43. The third-order valence-electron chi connectivity index (χ3n) is 7.51. The number of rotatable bonds is 5. The van der Waals surface area contributed by atoms with E-state index in [0.717, 1.165) is 18.2 Å². The van der Waals surface area contributed by atoms with Crippen LogP contribution in [0, 0.1) is 34.5 Å². The van der Waals surface area contributed by atoms with Gasteiger partial charge in [-0.3, -0.25) is 9.78 Å². The lowest BCUT2D eigenvalue weighted by molar-refractivity contribution is -0.200. The van der Waals surface area contributed by atoms with Gasteiger partial charge in [-0.1, -0.05) is 37.3 Å². The summed E-state index contributed by atoms with van der Waals surface area (Å²) < 4.78 is 40.4. The molecular weight excluding hydrogens is 470 g/mol. The topological polar surface area (TPSA) is 110 Å². The average Bonchev–Trinajstić information content (AvgIpc) is 3.12. The maximum absolute atomic E-state index is 15.3. The maximum Gasteiger partial charge on any atom is 0.335 e. The van der Waals surface area contributed by atoms with Crippen molar-refractivity contribution in [3.8, 4) is 17.2 Å². The first-order valence-electron chi connectivity index (χ1n) is 11.6. The number of carbonyl (C=O) groups is 2. The van der Waals surface area contributed by atoms with Gasteiger partial charge in [0.1, 0.15) is 11.5 Å². The molecule has 6 atom stereocenters. The molecule has 0 radical (unpaired) electrons. The predicted molar refractivity (Wildman–Crippen MR) is 125 cm³/mol. The lowest BCUT2D eigenvalue weighted by Gasteiger charge is -2.48. The van der Waals surface area contributed by atoms with Gasteiger partial charge in [-0.25, -0.2) is 13.6 Å². The Morgan fingerprint density at radius 3 is 2.67 bits per heavy atom. The smallest absolute Gasteiger partial charge is 0.335 e. The van der Waals surface area contributed by atoms with Crippen molar-refractivity contribution in [1.29, 1.82) is 5.26 Å². The molecule has 2 aromatic rings. The first kappa shape index (κ1) is 25.5. The number of cyclic esters (lactones) is 1. The van der Waals surface area contributed by atoms with Gasteiger partial charge in [-0.05, 0) is 31.1 Å². The van der Waals surface area contributed by atoms with E-state index in [0.29, 0.717) is 11.3 Å². The van der Waals surface area contributed by atoms with Gasteiger partial charge >= 0.3 is 11.9 Å². The highest BCUT2D eigenvalue weighted by Crippen LogP contribution is 2.60. The number of nitrogens with zero attached hydrogens (tertiary/aromatic N) is 2. The normalized spacial score (nSPS) is 29.8. The highest BCUT2D eigenvalue weighted by Gasteiger charge is 2.72. The number of hydrogen-bond donors (Lipinski definition) is 1. The molecule has 1 aromatic carbocycles. The molecule has 188 valence electrons. The van der Waals surface area contributed by atoms with Crippen LogP contribution in [-0.4, -0.2) is 47.3 Å². The van der Waals surface area contributed by atoms with Crippen LogP contribution in [0.5, 0.6) is 0 Å². The molecule has 0 spiro atoms. The number of halogens is 2. The monoisotopic (exact) mass is 496 g/mol. The Morgan fingerprint density at radius 1 is 1.31 bits per heavy atom. The number of aliphatic hydroxyl groups excluding tert-OH is 1. The number of fused-ring (bicyclic) bond motifs is 1. The third kappa shape index (κ3) is 4.05. The quantitative estimate of drug-likeness (QED) is 0.623. The standard InChI is InChI=1S/C27H26F2N2O5/c1-15-20(11-10-19-9-8-18(13-31-19)21-7-5-4-6-17(21)12-30)22-16(2)36-25(34)26(22,14-27(15,28)29)23(32)24(33)35-3/h4-11,13,15-16,20,22-23,32H,14H2,1-3H3/b11-10+/t15-,16+,20-,22-,23-,26+/m0/s1. The Hall–Kier alpha value is -3.64. The summed E-state index contributed by atoms with van der Waals surface area (Å²) in [6, 6.07) is 12.7. The highest BCUT2D eigenvalue weighted by atomic mass is 19.3. The van der Waals surface area contributed by atoms with Crippen LogP contribution in [0.25, 0.3) is 17.2 Å². The average molecular weight is 497 g/mol. The third-order valence-corrected chi connectivity index (χ3v) is 7.51. The van der Waals surface area contributed by atoms with Crippen molar-refractivity contribution in [2.24, 2.45) is 23.2 Å². The first-order valence-corrected chi connectivity index (χ1v) is 11.6. The van der Waals surface area contributed by atoms with Gasteiger partial charge in [0.15, 0.2) is 6.10 Å². The molecule has 1 aromatic heterocycles. The number of aliphatic hydroxyl groups is 1. The molecule has 2 fully saturated rings. The van der Waals surface area contributed by atoms with E-state index in [1.165, 1.54) is 6.92 Å². The summed E-state index contributed by atoms with van der Waals surface area (Å²) in [5, 5.41) is 20.1. The number of aromatic nitrogens is 1. The number of pyridine rings is 1. The summed E-state index contributed by atoms with van der Waals surface area (Å²) >= 11 is 0. The van der Waals surface area contributed by atoms with Crippen molar-refractivity contribution in [2.45, 2.75) is 38.4 Å². The molecule has 1 N–H and O–H groups in total. The number of allylic oxidation sites excluding steroid dienone is 1. The van der Waals surface area contributed by atoms with Crippen molar-refractivity contribution in [1.82, 2.24) is 4.98 Å². The van der Waals surface area contributed by atoms with E-state index in [9.17, 15) is 20.0 Å². The Bertz CT molecular complexity index is 1240. The van der Waals surface area contributed by atoms with Crippen LogP contribution in [-0.2, 0) is 19.1 Å². The van der Waals surface area contributed by atoms with Gasteiger partial charge in [-0.2, -0.15) is 5.26 Å². The van der Waals surface area contributed by atoms with Crippen molar-refractivity contribution >= 4 is 18.0 Å². The fraction of sp³-hybridized carbons (Fsp3) is 0.407. The molecule has 1 aliphatic heterocycles. The zero-order valence-electron chi connectivity index (χ0n) is 20.0. The lowest BCUT2D eigenvalue weighted by atomic mass is 9.54. The molecule has 9 heteroatoms. The van der Waals surface area contributed by atoms with E-state index in [1.54, 1.807) is 49.5 Å². The molecular formula is C27H26F2N2O5. The SMILES string of the molecule is COC(=O)[C@H](O)[C@@]12CC(F)(F)[C@@H](C)[C@H](/C=C/c3ccc(-c4ccccc4C#N)cn3)[C@@H]1[C@@H](C)OC2=O. The minimum atomic E-state index is -3.36. The van der Waals surface area contributed by atoms with E-state index < -0.39 is 59.7 Å². The zero-order valence-corrected chi connectivity index (χ0v) is 20.0. The maximum atomic E-state index is 15.3. The predicted octanol–water partition coefficient (Wildman–Crippen LogP) is 4.01. The molecule has 2 heterocycles. The van der Waals surface area contributed by atoms with Gasteiger partial charge < -0.3 is 14.6 Å². The first-order chi connectivity index (χ1) is 17.1. The molecule has 1 aliphatic carbocycles. The van der Waals surface area contributed by atoms with Crippen LogP contribution in [0.2, 0.25) is 0 Å². The van der Waals surface area contributed by atoms with Crippen LogP contribution in [0.4, 0.5) is 8.78 Å². The van der Waals surface area contributed by atoms with Gasteiger partial charge in [0.25, 0.3) is 5.92 Å². The highest BCUT2D eigenvalue weighted by molar-refractivity contribution is 5.89. The Balaban J connectivity index is 1.69. The number of hydrogen-bond acceptors (Lipinski definition) is 7. The summed E-state index contributed by atoms with van der Waals surface area (Å²) in [5.74, 6) is -8.53. The van der Waals surface area contributed by atoms with Gasteiger partial charge in [0.05, 0.1) is 24.4 Å². The van der Waals surface area contributed by atoms with E-state index in [2.05, 4.69) is 15.8 Å². The largest absolute Gasteiger partial charge is 0.467 e. The summed E-state index contributed by atoms with van der Waals surface area (Å²) in [5.41, 5.74) is 0.300. The molecule has 0 bridgehead atoms. The zero-order chi connectivity index (χ0) is 26.3. The van der Waals surface area contributed by atoms with Gasteiger partial charge in [-0.15, -0.1) is 0 Å². The molecule has 1 saturated heterocycles. The molecule has 4 rings (SSSR count). The molecule has 2 aliphatic rings. The fourth-order valence-corrected chi connectivity index (χ4v) is 5.60. The minimum absolute atomic E-state index is 0.478. The second-order valence-electron chi connectivity index (χ2n) is 9.39. The molecule has 1 saturated carbocycles. The molecule has 36 heavy (non-hydrogen) atoms. The molecule has 0 amide bonds. The number of esters is 2. The summed E-state index contributed by atoms with van der Waals surface area (Å²) in [4.78, 5) is 29.4. The van der Waals surface area contributed by atoms with Crippen molar-refractivity contribution < 1.29 is 33.0 Å². The van der Waals surface area contributed by atoms with Gasteiger partial charge in [0, 0.05) is 35.6 Å². The number of methoxy groups -OCH3 is 1. The summed E-state index contributed by atoms with van der Waals surface area (Å²) in [6.45, 7) is 2.96. The van der Waals surface area contributed by atoms with Crippen LogP contribution < -0.4 is 0 Å². The van der Waals surface area contributed by atoms with Crippen LogP contribution in [0.1, 0.15) is 31.5 Å². The van der Waals surface area contributed by atoms with Crippen molar-refractivity contribution in [3.05, 3.63) is 59.9 Å². The fourth-order valence-electron chi connectivity index (χ4n) is 5.60. The number of ether oxygens (including phenoxy) is 2. The Labute approximate surface area is 207 Å². The second-order valence-corrected chi connectivity index (χ2v) is 9.39. The summed E-state index contributed by atoms with van der Waals surface area (Å²) in [6.07, 6.45) is 0.809. The van der Waals surface area contributed by atoms with Crippen molar-refractivity contribution in [3.63, 3.8) is 0 Å². The summed E-state index contributed by atoms with van der Waals surface area (Å²) in [7, 11) is 1.02. The van der Waals surface area contributed by atoms with E-state index in [-0.39, 0.29) is 0 Å². The molecule has 7 nitrogen and oxygen atoms in total. The number of carbonyl (C=O) groups excluding carboxylic acids is 2. The number of nitriles is 1. The number of benzene rings is 1. The van der Waals surface area contributed by atoms with Crippen molar-refractivity contribution in [2.75, 3.05) is 7.11 Å². The van der Waals surface area contributed by atoms with Gasteiger partial charge in [0.2, 0.25) is 0 Å². The van der Waals surface area contributed by atoms with Crippen LogP contribution in [0.15, 0.2) is 48.7 Å². The Morgan fingerprint density at radius 2 is 2.03 bits per heavy atom. The van der Waals surface area contributed by atoms with E-state index >= 15 is 8.78 Å². The van der Waals surface area contributed by atoms with E-state index in [1.807, 2.05) is 12.1 Å². The van der Waals surface area contributed by atoms with Crippen LogP contribution in [0.3, 0.4) is 0 Å².